The van der Waals surface area contributed by atoms with Crippen LogP contribution in [0.2, 0.25) is 0 Å². The van der Waals surface area contributed by atoms with Crippen molar-refractivity contribution < 1.29 is 0 Å². The van der Waals surface area contributed by atoms with Gasteiger partial charge in [0.15, 0.2) is 0 Å². The van der Waals surface area contributed by atoms with E-state index < -0.39 is 0 Å². The molecule has 1 heterocycles. The van der Waals surface area contributed by atoms with E-state index in [4.69, 9.17) is 12.2 Å². The SMILES string of the molecule is CCc1nc(=S)c2c(C)cc(C)cc2[nH]1. The molecule has 2 rings (SSSR count). The smallest absolute Gasteiger partial charge is 0.137 e. The number of aromatic nitrogens is 2. The van der Waals surface area contributed by atoms with Gasteiger partial charge in [-0.15, -0.1) is 0 Å². The van der Waals surface area contributed by atoms with E-state index in [0.717, 1.165) is 23.1 Å². The molecule has 0 radical (unpaired) electrons. The molecule has 3 heteroatoms. The van der Waals surface area contributed by atoms with E-state index in [1.54, 1.807) is 0 Å². The van der Waals surface area contributed by atoms with Crippen molar-refractivity contribution in [2.24, 2.45) is 0 Å². The third-order valence-electron chi connectivity index (χ3n) is 2.54. The molecule has 0 saturated heterocycles. The molecular weight excluding hydrogens is 204 g/mol. The van der Waals surface area contributed by atoms with Crippen LogP contribution in [0.1, 0.15) is 23.9 Å². The monoisotopic (exact) mass is 218 g/mol. The number of hydrogen-bond donors (Lipinski definition) is 1. The number of aryl methyl sites for hydroxylation is 3. The maximum absolute atomic E-state index is 5.31. The lowest BCUT2D eigenvalue weighted by molar-refractivity contribution is 0.954. The molecule has 0 fully saturated rings. The predicted octanol–water partition coefficient (Wildman–Crippen LogP) is 3.47. The highest BCUT2D eigenvalue weighted by Gasteiger charge is 2.03. The number of nitrogens with zero attached hydrogens (tertiary/aromatic N) is 1. The van der Waals surface area contributed by atoms with Crippen molar-refractivity contribution in [3.63, 3.8) is 0 Å². The minimum atomic E-state index is 0.707. The predicted molar refractivity (Wildman–Crippen MR) is 65.8 cm³/mol. The molecule has 78 valence electrons. The van der Waals surface area contributed by atoms with Gasteiger partial charge in [-0.05, 0) is 31.0 Å². The quantitative estimate of drug-likeness (QED) is 0.742. The van der Waals surface area contributed by atoms with Crippen LogP contribution in [-0.2, 0) is 6.42 Å². The van der Waals surface area contributed by atoms with E-state index in [1.165, 1.54) is 11.1 Å². The van der Waals surface area contributed by atoms with Crippen LogP contribution < -0.4 is 0 Å². The average Bonchev–Trinajstić information content (AvgIpc) is 2.15. The maximum Gasteiger partial charge on any atom is 0.137 e. The van der Waals surface area contributed by atoms with Crippen LogP contribution in [0.15, 0.2) is 12.1 Å². The first kappa shape index (κ1) is 10.3. The van der Waals surface area contributed by atoms with Crippen LogP contribution in [0, 0.1) is 18.5 Å². The highest BCUT2D eigenvalue weighted by molar-refractivity contribution is 7.71. The number of fused-ring (bicyclic) bond motifs is 1. The van der Waals surface area contributed by atoms with Crippen LogP contribution in [0.3, 0.4) is 0 Å². The third kappa shape index (κ3) is 1.79. The van der Waals surface area contributed by atoms with Crippen molar-refractivity contribution in [2.45, 2.75) is 27.2 Å². The Balaban J connectivity index is 2.91. The number of hydrogen-bond acceptors (Lipinski definition) is 2. The Morgan fingerprint density at radius 3 is 2.73 bits per heavy atom. The molecule has 2 nitrogen and oxygen atoms in total. The van der Waals surface area contributed by atoms with Gasteiger partial charge >= 0.3 is 0 Å². The summed E-state index contributed by atoms with van der Waals surface area (Å²) < 4.78 is 0.707. The molecule has 0 atom stereocenters. The maximum atomic E-state index is 5.31. The number of aromatic amines is 1. The van der Waals surface area contributed by atoms with Crippen LogP contribution >= 0.6 is 12.2 Å². The normalized spacial score (nSPS) is 10.9. The summed E-state index contributed by atoms with van der Waals surface area (Å²) in [6.45, 7) is 6.24. The van der Waals surface area contributed by atoms with Gasteiger partial charge in [-0.3, -0.25) is 0 Å². The molecule has 0 amide bonds. The standard InChI is InChI=1S/C12H14N2S/c1-4-10-13-9-6-7(2)5-8(3)11(9)12(15)14-10/h5-6H,4H2,1-3H3,(H,13,14,15). The lowest BCUT2D eigenvalue weighted by atomic mass is 10.1. The summed E-state index contributed by atoms with van der Waals surface area (Å²) in [5.74, 6) is 0.956. The fourth-order valence-electron chi connectivity index (χ4n) is 1.88. The molecule has 0 aliphatic rings. The van der Waals surface area contributed by atoms with Gasteiger partial charge < -0.3 is 4.98 Å². The second-order valence-corrected chi connectivity index (χ2v) is 4.23. The minimum absolute atomic E-state index is 0.707. The Hall–Kier alpha value is -1.22. The summed E-state index contributed by atoms with van der Waals surface area (Å²) in [7, 11) is 0. The van der Waals surface area contributed by atoms with Crippen molar-refractivity contribution in [3.8, 4) is 0 Å². The van der Waals surface area contributed by atoms with Gasteiger partial charge in [-0.1, -0.05) is 25.2 Å². The van der Waals surface area contributed by atoms with Gasteiger partial charge in [0.25, 0.3) is 0 Å². The van der Waals surface area contributed by atoms with Gasteiger partial charge in [0.1, 0.15) is 10.5 Å². The van der Waals surface area contributed by atoms with Crippen LogP contribution in [-0.4, -0.2) is 9.97 Å². The Kier molecular flexibility index (Phi) is 2.57. The van der Waals surface area contributed by atoms with Gasteiger partial charge in [0.2, 0.25) is 0 Å². The zero-order valence-electron chi connectivity index (χ0n) is 9.22. The second kappa shape index (κ2) is 3.74. The molecule has 0 aliphatic carbocycles. The molecule has 1 aromatic heterocycles. The molecule has 0 aliphatic heterocycles. The number of nitrogens with one attached hydrogen (secondary N) is 1. The average molecular weight is 218 g/mol. The lowest BCUT2D eigenvalue weighted by Crippen LogP contribution is -1.96. The van der Waals surface area contributed by atoms with Gasteiger partial charge in [0.05, 0.1) is 5.52 Å². The molecule has 2 aromatic rings. The Morgan fingerprint density at radius 1 is 1.33 bits per heavy atom. The summed E-state index contributed by atoms with van der Waals surface area (Å²) >= 11 is 5.31. The molecule has 0 bridgehead atoms. The first-order valence-electron chi connectivity index (χ1n) is 5.12. The van der Waals surface area contributed by atoms with Crippen LogP contribution in [0.5, 0.6) is 0 Å². The van der Waals surface area contributed by atoms with Gasteiger partial charge in [-0.25, -0.2) is 4.98 Å². The highest BCUT2D eigenvalue weighted by Crippen LogP contribution is 2.19. The summed E-state index contributed by atoms with van der Waals surface area (Å²) in [4.78, 5) is 7.69. The Labute approximate surface area is 94.4 Å². The van der Waals surface area contributed by atoms with Crippen molar-refractivity contribution in [3.05, 3.63) is 33.7 Å². The van der Waals surface area contributed by atoms with Crippen LogP contribution in [0.25, 0.3) is 10.9 Å². The largest absolute Gasteiger partial charge is 0.343 e. The van der Waals surface area contributed by atoms with E-state index in [0.29, 0.717) is 4.64 Å². The van der Waals surface area contributed by atoms with E-state index in [9.17, 15) is 0 Å². The molecule has 0 saturated carbocycles. The fourth-order valence-corrected chi connectivity index (χ4v) is 2.26. The zero-order valence-corrected chi connectivity index (χ0v) is 10.0. The van der Waals surface area contributed by atoms with E-state index >= 15 is 0 Å². The molecule has 0 unspecified atom stereocenters. The Bertz CT molecular complexity index is 570. The molecule has 0 spiro atoms. The highest BCUT2D eigenvalue weighted by atomic mass is 32.1. The van der Waals surface area contributed by atoms with E-state index in [2.05, 4.69) is 42.9 Å². The molecular formula is C12H14N2S. The number of benzene rings is 1. The second-order valence-electron chi connectivity index (χ2n) is 3.85. The summed E-state index contributed by atoms with van der Waals surface area (Å²) in [6.07, 6.45) is 0.882. The zero-order chi connectivity index (χ0) is 11.0. The third-order valence-corrected chi connectivity index (χ3v) is 2.84. The topological polar surface area (TPSA) is 28.7 Å². The number of rotatable bonds is 1. The van der Waals surface area contributed by atoms with Crippen molar-refractivity contribution in [2.75, 3.05) is 0 Å². The number of H-pyrrole nitrogens is 1. The molecule has 15 heavy (non-hydrogen) atoms. The lowest BCUT2D eigenvalue weighted by Gasteiger charge is -2.06. The first-order valence-corrected chi connectivity index (χ1v) is 5.52. The van der Waals surface area contributed by atoms with Gasteiger partial charge in [-0.2, -0.15) is 0 Å². The van der Waals surface area contributed by atoms with Crippen molar-refractivity contribution in [1.82, 2.24) is 9.97 Å². The summed E-state index contributed by atoms with van der Waals surface area (Å²) in [5, 5.41) is 1.08. The fraction of sp³-hybridized carbons (Fsp3) is 0.333. The van der Waals surface area contributed by atoms with Crippen LogP contribution in [0.4, 0.5) is 0 Å². The summed E-state index contributed by atoms with van der Waals surface area (Å²) in [6, 6.07) is 4.26. The van der Waals surface area contributed by atoms with Gasteiger partial charge in [0, 0.05) is 11.8 Å². The van der Waals surface area contributed by atoms with E-state index in [1.807, 2.05) is 0 Å². The summed E-state index contributed by atoms with van der Waals surface area (Å²) in [5.41, 5.74) is 3.55. The first-order chi connectivity index (χ1) is 7.11. The van der Waals surface area contributed by atoms with Crippen molar-refractivity contribution in [1.29, 1.82) is 0 Å². The van der Waals surface area contributed by atoms with E-state index in [-0.39, 0.29) is 0 Å². The molecule has 1 aromatic carbocycles. The minimum Gasteiger partial charge on any atom is -0.343 e. The van der Waals surface area contributed by atoms with Crippen molar-refractivity contribution >= 4 is 23.1 Å². The Morgan fingerprint density at radius 2 is 2.07 bits per heavy atom. The molecule has 1 N–H and O–H groups in total.